The van der Waals surface area contributed by atoms with Crippen molar-refractivity contribution < 1.29 is 0 Å². The number of anilines is 1. The largest absolute Gasteiger partial charge is 0.376 e. The third-order valence-electron chi connectivity index (χ3n) is 4.69. The lowest BCUT2D eigenvalue weighted by atomic mass is 9.77. The molecule has 3 atom stereocenters. The van der Waals surface area contributed by atoms with Gasteiger partial charge in [0.2, 0.25) is 0 Å². The summed E-state index contributed by atoms with van der Waals surface area (Å²) in [4.78, 5) is 0. The van der Waals surface area contributed by atoms with Crippen LogP contribution in [0.4, 0.5) is 5.69 Å². The number of benzene rings is 2. The standard InChI is InChI=1S/C18H13Cl4N/c19-10-7-13-11-2-1-3-12(11)17(23-18(13)16(22)8-10)9-4-5-14(20)15(21)6-9/h1-2,4-8,11-12,17,23H,3H2/t11-,12+,17+/m1/s1. The first-order valence-electron chi connectivity index (χ1n) is 7.41. The lowest BCUT2D eigenvalue weighted by Crippen LogP contribution is -2.29. The first-order valence-corrected chi connectivity index (χ1v) is 8.93. The van der Waals surface area contributed by atoms with E-state index in [2.05, 4.69) is 17.5 Å². The maximum absolute atomic E-state index is 6.43. The van der Waals surface area contributed by atoms with Gasteiger partial charge in [-0.2, -0.15) is 0 Å². The van der Waals surface area contributed by atoms with E-state index in [0.717, 1.165) is 23.2 Å². The number of rotatable bonds is 1. The van der Waals surface area contributed by atoms with Gasteiger partial charge in [-0.15, -0.1) is 0 Å². The second-order valence-corrected chi connectivity index (χ2v) is 7.66. The van der Waals surface area contributed by atoms with Crippen molar-refractivity contribution in [1.82, 2.24) is 0 Å². The van der Waals surface area contributed by atoms with Gasteiger partial charge in [0.1, 0.15) is 0 Å². The number of hydrogen-bond acceptors (Lipinski definition) is 1. The van der Waals surface area contributed by atoms with Crippen LogP contribution in [-0.4, -0.2) is 0 Å². The lowest BCUT2D eigenvalue weighted by Gasteiger charge is -2.38. The Kier molecular flexibility index (Phi) is 4.01. The van der Waals surface area contributed by atoms with Crippen molar-refractivity contribution in [3.63, 3.8) is 0 Å². The van der Waals surface area contributed by atoms with Crippen molar-refractivity contribution in [2.45, 2.75) is 18.4 Å². The Morgan fingerprint density at radius 2 is 1.74 bits per heavy atom. The van der Waals surface area contributed by atoms with Gasteiger partial charge in [0.15, 0.2) is 0 Å². The smallest absolute Gasteiger partial charge is 0.0655 e. The molecule has 5 heteroatoms. The van der Waals surface area contributed by atoms with E-state index in [9.17, 15) is 0 Å². The van der Waals surface area contributed by atoms with Gasteiger partial charge in [0.05, 0.1) is 26.8 Å². The maximum Gasteiger partial charge on any atom is 0.0655 e. The van der Waals surface area contributed by atoms with Gasteiger partial charge in [0.25, 0.3) is 0 Å². The van der Waals surface area contributed by atoms with Crippen LogP contribution in [0, 0.1) is 5.92 Å². The molecule has 0 fully saturated rings. The molecule has 2 aromatic carbocycles. The van der Waals surface area contributed by atoms with Gasteiger partial charge >= 0.3 is 0 Å². The summed E-state index contributed by atoms with van der Waals surface area (Å²) in [6, 6.07) is 9.73. The monoisotopic (exact) mass is 383 g/mol. The highest BCUT2D eigenvalue weighted by molar-refractivity contribution is 6.42. The predicted octanol–water partition coefficient (Wildman–Crippen LogP) is 7.13. The quantitative estimate of drug-likeness (QED) is 0.515. The minimum absolute atomic E-state index is 0.135. The molecule has 1 aliphatic carbocycles. The maximum atomic E-state index is 6.43. The molecule has 2 aromatic rings. The van der Waals surface area contributed by atoms with E-state index in [-0.39, 0.29) is 6.04 Å². The zero-order chi connectivity index (χ0) is 16.1. The Morgan fingerprint density at radius 1 is 0.913 bits per heavy atom. The number of allylic oxidation sites excluding steroid dienone is 2. The number of nitrogens with one attached hydrogen (secondary N) is 1. The highest BCUT2D eigenvalue weighted by atomic mass is 35.5. The van der Waals surface area contributed by atoms with Crippen LogP contribution in [0.5, 0.6) is 0 Å². The molecule has 0 saturated heterocycles. The zero-order valence-corrected chi connectivity index (χ0v) is 15.0. The number of fused-ring (bicyclic) bond motifs is 3. The van der Waals surface area contributed by atoms with Crippen LogP contribution in [0.15, 0.2) is 42.5 Å². The molecule has 1 aliphatic heterocycles. The van der Waals surface area contributed by atoms with E-state index in [4.69, 9.17) is 46.4 Å². The van der Waals surface area contributed by atoms with Gasteiger partial charge in [-0.1, -0.05) is 64.6 Å². The van der Waals surface area contributed by atoms with Crippen LogP contribution in [0.2, 0.25) is 20.1 Å². The molecule has 2 aliphatic rings. The fraction of sp³-hybridized carbons (Fsp3) is 0.222. The van der Waals surface area contributed by atoms with Crippen molar-refractivity contribution in [3.05, 3.63) is 73.7 Å². The van der Waals surface area contributed by atoms with Crippen LogP contribution in [-0.2, 0) is 0 Å². The average molecular weight is 385 g/mol. The molecule has 0 unspecified atom stereocenters. The highest BCUT2D eigenvalue weighted by Crippen LogP contribution is 2.52. The second-order valence-electron chi connectivity index (χ2n) is 6.00. The third kappa shape index (κ3) is 2.64. The van der Waals surface area contributed by atoms with Gasteiger partial charge in [-0.05, 0) is 47.7 Å². The summed E-state index contributed by atoms with van der Waals surface area (Å²) < 4.78 is 0. The van der Waals surface area contributed by atoms with Crippen LogP contribution in [0.25, 0.3) is 0 Å². The molecular formula is C18H13Cl4N. The Labute approximate surface area is 155 Å². The molecule has 0 aromatic heterocycles. The number of hydrogen-bond donors (Lipinski definition) is 1. The molecule has 1 N–H and O–H groups in total. The molecule has 1 nitrogen and oxygen atoms in total. The molecule has 0 saturated carbocycles. The zero-order valence-electron chi connectivity index (χ0n) is 12.0. The van der Waals surface area contributed by atoms with Gasteiger partial charge in [-0.3, -0.25) is 0 Å². The fourth-order valence-corrected chi connectivity index (χ4v) is 4.53. The van der Waals surface area contributed by atoms with E-state index < -0.39 is 0 Å². The summed E-state index contributed by atoms with van der Waals surface area (Å²) in [6.07, 6.45) is 5.49. The Bertz CT molecular complexity index is 815. The Balaban J connectivity index is 1.82. The van der Waals surface area contributed by atoms with Crippen molar-refractivity contribution >= 4 is 52.1 Å². The SMILES string of the molecule is Clc1cc(Cl)c2c(c1)[C@@H]1C=CC[C@@H]1[C@H](c1ccc(Cl)c(Cl)c1)N2. The molecule has 0 amide bonds. The van der Waals surface area contributed by atoms with Crippen molar-refractivity contribution in [2.75, 3.05) is 5.32 Å². The minimum atomic E-state index is 0.135. The topological polar surface area (TPSA) is 12.0 Å². The van der Waals surface area contributed by atoms with Gasteiger partial charge in [-0.25, -0.2) is 0 Å². The summed E-state index contributed by atoms with van der Waals surface area (Å²) in [7, 11) is 0. The Hall–Kier alpha value is -0.860. The van der Waals surface area contributed by atoms with E-state index in [0.29, 0.717) is 31.9 Å². The molecule has 0 radical (unpaired) electrons. The van der Waals surface area contributed by atoms with E-state index in [1.807, 2.05) is 24.3 Å². The van der Waals surface area contributed by atoms with Crippen LogP contribution < -0.4 is 5.32 Å². The van der Waals surface area contributed by atoms with Gasteiger partial charge in [0, 0.05) is 10.9 Å². The molecule has 1 heterocycles. The van der Waals surface area contributed by atoms with E-state index in [1.165, 1.54) is 0 Å². The molecular weight excluding hydrogens is 372 g/mol. The van der Waals surface area contributed by atoms with Crippen molar-refractivity contribution in [3.8, 4) is 0 Å². The lowest BCUT2D eigenvalue weighted by molar-refractivity contribution is 0.425. The fourth-order valence-electron chi connectivity index (χ4n) is 3.66. The molecule has 4 rings (SSSR count). The van der Waals surface area contributed by atoms with Crippen LogP contribution in [0.1, 0.15) is 29.5 Å². The van der Waals surface area contributed by atoms with Crippen LogP contribution in [0.3, 0.4) is 0 Å². The summed E-state index contributed by atoms with van der Waals surface area (Å²) in [5, 5.41) is 6.05. The number of halogens is 4. The molecule has 0 spiro atoms. The Morgan fingerprint density at radius 3 is 2.52 bits per heavy atom. The highest BCUT2D eigenvalue weighted by Gasteiger charge is 2.39. The third-order valence-corrected chi connectivity index (χ3v) is 5.94. The first-order chi connectivity index (χ1) is 11.0. The molecule has 0 bridgehead atoms. The molecule has 118 valence electrons. The summed E-state index contributed by atoms with van der Waals surface area (Å²) in [6.45, 7) is 0. The summed E-state index contributed by atoms with van der Waals surface area (Å²) >= 11 is 24.9. The average Bonchev–Trinajstić information content (AvgIpc) is 2.99. The normalized spacial score (nSPS) is 25.0. The van der Waals surface area contributed by atoms with Crippen LogP contribution >= 0.6 is 46.4 Å². The van der Waals surface area contributed by atoms with E-state index >= 15 is 0 Å². The minimum Gasteiger partial charge on any atom is -0.376 e. The van der Waals surface area contributed by atoms with Gasteiger partial charge < -0.3 is 5.32 Å². The van der Waals surface area contributed by atoms with Crippen molar-refractivity contribution in [1.29, 1.82) is 0 Å². The second kappa shape index (κ2) is 5.89. The summed E-state index contributed by atoms with van der Waals surface area (Å²) in [5.74, 6) is 0.719. The van der Waals surface area contributed by atoms with E-state index in [1.54, 1.807) is 6.07 Å². The predicted molar refractivity (Wildman–Crippen MR) is 99.3 cm³/mol. The van der Waals surface area contributed by atoms with Crippen molar-refractivity contribution in [2.24, 2.45) is 5.92 Å². The molecule has 23 heavy (non-hydrogen) atoms. The summed E-state index contributed by atoms with van der Waals surface area (Å²) in [5.41, 5.74) is 3.24. The first kappa shape index (κ1) is 15.7.